The van der Waals surface area contributed by atoms with Gasteiger partial charge in [-0.15, -0.1) is 0 Å². The Kier molecular flexibility index (Phi) is 2.90. The second-order valence-electron chi connectivity index (χ2n) is 4.06. The van der Waals surface area contributed by atoms with Gasteiger partial charge in [0.05, 0.1) is 11.6 Å². The number of aliphatic carboxylic acids is 1. The van der Waals surface area contributed by atoms with Gasteiger partial charge in [0.25, 0.3) is 0 Å². The fraction of sp³-hybridized carbons (Fsp3) is 0.400. The predicted molar refractivity (Wildman–Crippen MR) is 61.6 cm³/mol. The number of fused-ring (bicyclic) bond motifs is 1. The summed E-state index contributed by atoms with van der Waals surface area (Å²) in [7, 11) is 0. The minimum Gasteiger partial charge on any atom is -0.480 e. The van der Waals surface area contributed by atoms with Gasteiger partial charge in [0.1, 0.15) is 18.2 Å². The van der Waals surface area contributed by atoms with E-state index in [1.54, 1.807) is 6.20 Å². The van der Waals surface area contributed by atoms with Crippen molar-refractivity contribution in [2.24, 2.45) is 5.92 Å². The highest BCUT2D eigenvalue weighted by Gasteiger charge is 2.22. The second-order valence-corrected chi connectivity index (χ2v) is 4.06. The highest BCUT2D eigenvalue weighted by molar-refractivity contribution is 5.88. The van der Waals surface area contributed by atoms with Crippen LogP contribution in [0.5, 0.6) is 0 Å². The van der Waals surface area contributed by atoms with Crippen LogP contribution in [-0.2, 0) is 4.79 Å². The summed E-state index contributed by atoms with van der Waals surface area (Å²) in [5.74, 6) is -0.482. The van der Waals surface area contributed by atoms with Crippen LogP contribution < -0.4 is 5.32 Å². The maximum atomic E-state index is 11.1. The molecule has 0 saturated heterocycles. The Labute approximate surface area is 97.3 Å². The lowest BCUT2D eigenvalue weighted by atomic mass is 10.0. The highest BCUT2D eigenvalue weighted by atomic mass is 16.4. The Bertz CT molecular complexity index is 536. The van der Waals surface area contributed by atoms with Crippen LogP contribution in [0.2, 0.25) is 0 Å². The van der Waals surface area contributed by atoms with E-state index in [9.17, 15) is 4.79 Å². The van der Waals surface area contributed by atoms with Gasteiger partial charge in [-0.2, -0.15) is 5.10 Å². The predicted octanol–water partition coefficient (Wildman–Crippen LogP) is 0.874. The van der Waals surface area contributed by atoms with Crippen molar-refractivity contribution in [3.63, 3.8) is 0 Å². The van der Waals surface area contributed by atoms with Gasteiger partial charge in [-0.05, 0) is 5.92 Å². The Morgan fingerprint density at radius 1 is 1.47 bits per heavy atom. The minimum absolute atomic E-state index is 0.0515. The fourth-order valence-electron chi connectivity index (χ4n) is 1.54. The minimum atomic E-state index is -0.907. The lowest BCUT2D eigenvalue weighted by Gasteiger charge is -2.18. The van der Waals surface area contributed by atoms with Crippen molar-refractivity contribution >= 4 is 22.8 Å². The molecule has 0 aliphatic carbocycles. The number of nitrogens with one attached hydrogen (secondary N) is 2. The topological polar surface area (TPSA) is 104 Å². The maximum Gasteiger partial charge on any atom is 0.326 e. The molecule has 7 nitrogen and oxygen atoms in total. The van der Waals surface area contributed by atoms with Crippen LogP contribution >= 0.6 is 0 Å². The number of hydrogen-bond acceptors (Lipinski definition) is 5. The van der Waals surface area contributed by atoms with Crippen molar-refractivity contribution in [3.05, 3.63) is 12.5 Å². The third kappa shape index (κ3) is 2.17. The third-order valence-corrected chi connectivity index (χ3v) is 2.47. The molecule has 3 N–H and O–H groups in total. The molecule has 7 heteroatoms. The van der Waals surface area contributed by atoms with Gasteiger partial charge >= 0.3 is 5.97 Å². The highest BCUT2D eigenvalue weighted by Crippen LogP contribution is 2.18. The van der Waals surface area contributed by atoms with Crippen molar-refractivity contribution in [1.82, 2.24) is 20.2 Å². The first-order valence-corrected chi connectivity index (χ1v) is 5.23. The Morgan fingerprint density at radius 2 is 2.24 bits per heavy atom. The van der Waals surface area contributed by atoms with Crippen LogP contribution in [0.25, 0.3) is 11.0 Å². The summed E-state index contributed by atoms with van der Waals surface area (Å²) in [6, 6.07) is -0.692. The smallest absolute Gasteiger partial charge is 0.326 e. The van der Waals surface area contributed by atoms with Gasteiger partial charge in [-0.25, -0.2) is 14.8 Å². The Balaban J connectivity index is 2.34. The van der Waals surface area contributed by atoms with E-state index in [0.717, 1.165) is 0 Å². The van der Waals surface area contributed by atoms with E-state index >= 15 is 0 Å². The first kappa shape index (κ1) is 11.3. The van der Waals surface area contributed by atoms with E-state index in [-0.39, 0.29) is 5.92 Å². The first-order chi connectivity index (χ1) is 8.09. The number of aromatic nitrogens is 4. The van der Waals surface area contributed by atoms with Gasteiger partial charge in [0, 0.05) is 0 Å². The molecule has 2 aromatic heterocycles. The van der Waals surface area contributed by atoms with Crippen molar-refractivity contribution in [3.8, 4) is 0 Å². The largest absolute Gasteiger partial charge is 0.480 e. The zero-order valence-corrected chi connectivity index (χ0v) is 9.51. The number of aromatic amines is 1. The zero-order chi connectivity index (χ0) is 12.4. The van der Waals surface area contributed by atoms with Gasteiger partial charge in [-0.3, -0.25) is 5.10 Å². The van der Waals surface area contributed by atoms with Crippen molar-refractivity contribution < 1.29 is 9.90 Å². The number of carboxylic acids is 1. The number of rotatable bonds is 4. The third-order valence-electron chi connectivity index (χ3n) is 2.47. The second kappa shape index (κ2) is 4.36. The van der Waals surface area contributed by atoms with Crippen LogP contribution in [0.15, 0.2) is 12.5 Å². The molecule has 1 atom stereocenters. The molecule has 0 aromatic carbocycles. The maximum absolute atomic E-state index is 11.1. The summed E-state index contributed by atoms with van der Waals surface area (Å²) >= 11 is 0. The number of H-pyrrole nitrogens is 1. The summed E-state index contributed by atoms with van der Waals surface area (Å²) in [5.41, 5.74) is 0.579. The standard InChI is InChI=1S/C10H13N5O2/c1-5(2)7(10(16)17)14-8-6-3-13-15-9(6)12-4-11-8/h3-5,7H,1-2H3,(H,16,17)(H2,11,12,13,14,15)/t7-/m0/s1. The fourth-order valence-corrected chi connectivity index (χ4v) is 1.54. The van der Waals surface area contributed by atoms with Gasteiger partial charge in [0.15, 0.2) is 5.65 Å². The SMILES string of the molecule is CC(C)[C@H](Nc1ncnc2[nH]ncc12)C(=O)O. The molecular formula is C10H13N5O2. The number of nitrogens with zero attached hydrogens (tertiary/aromatic N) is 3. The summed E-state index contributed by atoms with van der Waals surface area (Å²) in [6.45, 7) is 3.67. The molecule has 2 aromatic rings. The summed E-state index contributed by atoms with van der Waals surface area (Å²) in [6.07, 6.45) is 2.93. The normalized spacial score (nSPS) is 12.9. The average Bonchev–Trinajstić information content (AvgIpc) is 2.73. The van der Waals surface area contributed by atoms with Gasteiger partial charge in [-0.1, -0.05) is 13.8 Å². The Hall–Kier alpha value is -2.18. The van der Waals surface area contributed by atoms with Crippen LogP contribution in [0.3, 0.4) is 0 Å². The molecule has 0 fully saturated rings. The van der Waals surface area contributed by atoms with E-state index in [4.69, 9.17) is 5.11 Å². The molecule has 0 aliphatic heterocycles. The van der Waals surface area contributed by atoms with Crippen molar-refractivity contribution in [2.75, 3.05) is 5.32 Å². The number of anilines is 1. The van der Waals surface area contributed by atoms with Crippen LogP contribution in [0.4, 0.5) is 5.82 Å². The first-order valence-electron chi connectivity index (χ1n) is 5.23. The molecule has 0 aliphatic rings. The molecule has 0 spiro atoms. The van der Waals surface area contributed by atoms with Crippen molar-refractivity contribution in [2.45, 2.75) is 19.9 Å². The lowest BCUT2D eigenvalue weighted by molar-refractivity contribution is -0.138. The molecule has 0 amide bonds. The van der Waals surface area contributed by atoms with Crippen LogP contribution in [0.1, 0.15) is 13.8 Å². The van der Waals surface area contributed by atoms with Crippen molar-refractivity contribution in [1.29, 1.82) is 0 Å². The summed E-state index contributed by atoms with van der Waals surface area (Å²) < 4.78 is 0. The molecule has 90 valence electrons. The average molecular weight is 235 g/mol. The van der Waals surface area contributed by atoms with Crippen LogP contribution in [0, 0.1) is 5.92 Å². The molecule has 0 bridgehead atoms. The number of carbonyl (C=O) groups is 1. The lowest BCUT2D eigenvalue weighted by Crippen LogP contribution is -2.34. The number of hydrogen-bond donors (Lipinski definition) is 3. The molecular weight excluding hydrogens is 222 g/mol. The Morgan fingerprint density at radius 3 is 2.88 bits per heavy atom. The van der Waals surface area contributed by atoms with E-state index < -0.39 is 12.0 Å². The van der Waals surface area contributed by atoms with E-state index in [1.807, 2.05) is 13.8 Å². The van der Waals surface area contributed by atoms with E-state index in [2.05, 4.69) is 25.5 Å². The molecule has 17 heavy (non-hydrogen) atoms. The monoisotopic (exact) mass is 235 g/mol. The quantitative estimate of drug-likeness (QED) is 0.726. The van der Waals surface area contributed by atoms with Crippen LogP contribution in [-0.4, -0.2) is 37.3 Å². The molecule has 2 heterocycles. The molecule has 0 saturated carbocycles. The van der Waals surface area contributed by atoms with Gasteiger partial charge < -0.3 is 10.4 Å². The zero-order valence-electron chi connectivity index (χ0n) is 9.51. The molecule has 2 rings (SSSR count). The van der Waals surface area contributed by atoms with Gasteiger partial charge in [0.2, 0.25) is 0 Å². The summed E-state index contributed by atoms with van der Waals surface area (Å²) in [5, 5.41) is 19.2. The summed E-state index contributed by atoms with van der Waals surface area (Å²) in [4.78, 5) is 19.1. The van der Waals surface area contributed by atoms with E-state index in [0.29, 0.717) is 16.9 Å². The molecule has 0 radical (unpaired) electrons. The number of carboxylic acid groups (broad SMARTS) is 1. The molecule has 0 unspecified atom stereocenters. The van der Waals surface area contributed by atoms with E-state index in [1.165, 1.54) is 6.33 Å².